The Labute approximate surface area is 113 Å². The van der Waals surface area contributed by atoms with E-state index in [1.807, 2.05) is 6.07 Å². The third-order valence-corrected chi connectivity index (χ3v) is 3.66. The molecule has 1 saturated heterocycles. The molecule has 4 heteroatoms. The summed E-state index contributed by atoms with van der Waals surface area (Å²) in [6.07, 6.45) is 3.53. The predicted octanol–water partition coefficient (Wildman–Crippen LogP) is 3.45. The molecule has 1 N–H and O–H groups in total. The summed E-state index contributed by atoms with van der Waals surface area (Å²) in [7, 11) is 0. The molecule has 0 aliphatic carbocycles. The molecular weight excluding hydrogens is 251 g/mol. The van der Waals surface area contributed by atoms with Crippen LogP contribution in [0.15, 0.2) is 18.2 Å². The fraction of sp³-hybridized carbons (Fsp3) is 0.571. The smallest absolute Gasteiger partial charge is 0.141 e. The molecule has 1 atom stereocenters. The highest BCUT2D eigenvalue weighted by Crippen LogP contribution is 2.25. The Morgan fingerprint density at radius 3 is 3.06 bits per heavy atom. The van der Waals surface area contributed by atoms with Gasteiger partial charge in [-0.15, -0.1) is 0 Å². The molecule has 18 heavy (non-hydrogen) atoms. The van der Waals surface area contributed by atoms with Gasteiger partial charge in [0.2, 0.25) is 0 Å². The lowest BCUT2D eigenvalue weighted by atomic mass is 10.0. The lowest BCUT2D eigenvalue weighted by Crippen LogP contribution is -2.46. The van der Waals surface area contributed by atoms with Gasteiger partial charge in [0.05, 0.1) is 5.02 Å². The van der Waals surface area contributed by atoms with Gasteiger partial charge in [-0.2, -0.15) is 0 Å². The van der Waals surface area contributed by atoms with Gasteiger partial charge in [-0.1, -0.05) is 18.5 Å². The van der Waals surface area contributed by atoms with Gasteiger partial charge in [-0.3, -0.25) is 0 Å². The van der Waals surface area contributed by atoms with E-state index in [1.54, 1.807) is 6.07 Å². The van der Waals surface area contributed by atoms with Gasteiger partial charge in [0, 0.05) is 24.8 Å². The summed E-state index contributed by atoms with van der Waals surface area (Å²) in [4.78, 5) is 2.28. The predicted molar refractivity (Wildman–Crippen MR) is 74.9 cm³/mol. The largest absolute Gasteiger partial charge is 0.370 e. The highest BCUT2D eigenvalue weighted by atomic mass is 35.5. The second kappa shape index (κ2) is 6.39. The van der Waals surface area contributed by atoms with Gasteiger partial charge in [0.1, 0.15) is 5.82 Å². The van der Waals surface area contributed by atoms with Crippen LogP contribution in [-0.2, 0) is 0 Å². The Hall–Kier alpha value is -0.800. The average Bonchev–Trinajstić information content (AvgIpc) is 2.40. The zero-order valence-corrected chi connectivity index (χ0v) is 11.5. The van der Waals surface area contributed by atoms with E-state index in [0.717, 1.165) is 38.2 Å². The van der Waals surface area contributed by atoms with Crippen LogP contribution < -0.4 is 10.2 Å². The van der Waals surface area contributed by atoms with Crippen molar-refractivity contribution >= 4 is 17.3 Å². The van der Waals surface area contributed by atoms with Crippen LogP contribution in [0.3, 0.4) is 0 Å². The van der Waals surface area contributed by atoms with Crippen molar-refractivity contribution in [3.63, 3.8) is 0 Å². The van der Waals surface area contributed by atoms with Gasteiger partial charge in [0.15, 0.2) is 0 Å². The first-order chi connectivity index (χ1) is 8.70. The lowest BCUT2D eigenvalue weighted by molar-refractivity contribution is 0.423. The van der Waals surface area contributed by atoms with Crippen molar-refractivity contribution < 1.29 is 4.39 Å². The van der Waals surface area contributed by atoms with Crippen molar-refractivity contribution in [2.45, 2.75) is 32.2 Å². The normalized spacial score (nSPS) is 20.2. The zero-order chi connectivity index (χ0) is 13.0. The number of nitrogens with zero attached hydrogens (tertiary/aromatic N) is 1. The van der Waals surface area contributed by atoms with E-state index in [1.165, 1.54) is 12.5 Å². The van der Waals surface area contributed by atoms with Crippen LogP contribution in [0.5, 0.6) is 0 Å². The third kappa shape index (κ3) is 3.36. The van der Waals surface area contributed by atoms with E-state index < -0.39 is 0 Å². The lowest BCUT2D eigenvalue weighted by Gasteiger charge is -2.35. The Balaban J connectivity index is 2.01. The van der Waals surface area contributed by atoms with Gasteiger partial charge < -0.3 is 10.2 Å². The molecule has 1 fully saturated rings. The fourth-order valence-electron chi connectivity index (χ4n) is 2.41. The molecule has 0 bridgehead atoms. The SMILES string of the molecule is CCCNC1CCCN(c2ccc(F)c(Cl)c2)C1. The van der Waals surface area contributed by atoms with E-state index >= 15 is 0 Å². The second-order valence-electron chi connectivity index (χ2n) is 4.84. The molecule has 1 aliphatic rings. The number of hydrogen-bond donors (Lipinski definition) is 1. The minimum atomic E-state index is -0.349. The van der Waals surface area contributed by atoms with Gasteiger partial charge >= 0.3 is 0 Å². The summed E-state index contributed by atoms with van der Waals surface area (Å²) < 4.78 is 13.1. The minimum Gasteiger partial charge on any atom is -0.370 e. The van der Waals surface area contributed by atoms with E-state index in [2.05, 4.69) is 17.1 Å². The highest BCUT2D eigenvalue weighted by molar-refractivity contribution is 6.31. The molecule has 2 rings (SSSR count). The van der Waals surface area contributed by atoms with Crippen LogP contribution in [-0.4, -0.2) is 25.7 Å². The first kappa shape index (κ1) is 13.6. The number of rotatable bonds is 4. The molecule has 100 valence electrons. The molecular formula is C14H20ClFN2. The second-order valence-corrected chi connectivity index (χ2v) is 5.24. The Bertz CT molecular complexity index is 397. The van der Waals surface area contributed by atoms with Crippen molar-refractivity contribution in [3.8, 4) is 0 Å². The highest BCUT2D eigenvalue weighted by Gasteiger charge is 2.19. The number of anilines is 1. The van der Waals surface area contributed by atoms with Crippen LogP contribution in [0.4, 0.5) is 10.1 Å². The van der Waals surface area contributed by atoms with Crippen LogP contribution >= 0.6 is 11.6 Å². The summed E-state index contributed by atoms with van der Waals surface area (Å²) in [6, 6.07) is 5.51. The molecule has 1 aromatic carbocycles. The molecule has 1 aromatic rings. The molecule has 0 amide bonds. The van der Waals surface area contributed by atoms with Crippen molar-refractivity contribution in [2.75, 3.05) is 24.5 Å². The number of halogens is 2. The minimum absolute atomic E-state index is 0.205. The maximum absolute atomic E-state index is 13.1. The number of benzene rings is 1. The molecule has 1 heterocycles. The Morgan fingerprint density at radius 1 is 1.50 bits per heavy atom. The Kier molecular flexibility index (Phi) is 4.84. The molecule has 0 radical (unpaired) electrons. The van der Waals surface area contributed by atoms with Crippen molar-refractivity contribution in [1.29, 1.82) is 0 Å². The standard InChI is InChI=1S/C14H20ClFN2/c1-2-7-17-11-4-3-8-18(10-11)12-5-6-14(16)13(15)9-12/h5-6,9,11,17H,2-4,7-8,10H2,1H3. The summed E-state index contributed by atoms with van der Waals surface area (Å²) in [6.45, 7) is 5.23. The molecule has 2 nitrogen and oxygen atoms in total. The van der Waals surface area contributed by atoms with Crippen LogP contribution in [0, 0.1) is 5.82 Å². The first-order valence-electron chi connectivity index (χ1n) is 6.64. The number of hydrogen-bond acceptors (Lipinski definition) is 2. The van der Waals surface area contributed by atoms with Gasteiger partial charge in [0.25, 0.3) is 0 Å². The monoisotopic (exact) mass is 270 g/mol. The van der Waals surface area contributed by atoms with Gasteiger partial charge in [-0.05, 0) is 44.0 Å². The third-order valence-electron chi connectivity index (χ3n) is 3.37. The van der Waals surface area contributed by atoms with Crippen molar-refractivity contribution in [2.24, 2.45) is 0 Å². The fourth-order valence-corrected chi connectivity index (χ4v) is 2.58. The van der Waals surface area contributed by atoms with E-state index in [9.17, 15) is 4.39 Å². The molecule has 1 unspecified atom stereocenters. The summed E-state index contributed by atoms with van der Waals surface area (Å²) >= 11 is 5.84. The summed E-state index contributed by atoms with van der Waals surface area (Å²) in [5.74, 6) is -0.349. The quantitative estimate of drug-likeness (QED) is 0.902. The van der Waals surface area contributed by atoms with Crippen molar-refractivity contribution in [3.05, 3.63) is 29.0 Å². The van der Waals surface area contributed by atoms with Crippen LogP contribution in [0.2, 0.25) is 5.02 Å². The maximum atomic E-state index is 13.1. The van der Waals surface area contributed by atoms with E-state index in [-0.39, 0.29) is 10.8 Å². The number of nitrogens with one attached hydrogen (secondary N) is 1. The van der Waals surface area contributed by atoms with Gasteiger partial charge in [-0.25, -0.2) is 4.39 Å². The summed E-state index contributed by atoms with van der Waals surface area (Å²) in [5, 5.41) is 3.75. The number of piperidine rings is 1. The molecule has 0 saturated carbocycles. The molecule has 1 aliphatic heterocycles. The first-order valence-corrected chi connectivity index (χ1v) is 7.02. The van der Waals surface area contributed by atoms with Crippen molar-refractivity contribution in [1.82, 2.24) is 5.32 Å². The zero-order valence-electron chi connectivity index (χ0n) is 10.8. The Morgan fingerprint density at radius 2 is 2.33 bits per heavy atom. The average molecular weight is 271 g/mol. The topological polar surface area (TPSA) is 15.3 Å². The molecule has 0 aromatic heterocycles. The van der Waals surface area contributed by atoms with E-state index in [4.69, 9.17) is 11.6 Å². The van der Waals surface area contributed by atoms with Crippen LogP contribution in [0.25, 0.3) is 0 Å². The van der Waals surface area contributed by atoms with E-state index in [0.29, 0.717) is 6.04 Å². The maximum Gasteiger partial charge on any atom is 0.141 e. The molecule has 0 spiro atoms. The summed E-state index contributed by atoms with van der Waals surface area (Å²) in [5.41, 5.74) is 1.02. The van der Waals surface area contributed by atoms with Crippen LogP contribution in [0.1, 0.15) is 26.2 Å².